The van der Waals surface area contributed by atoms with Crippen molar-refractivity contribution in [3.8, 4) is 5.75 Å². The lowest BCUT2D eigenvalue weighted by Crippen LogP contribution is -2.12. The van der Waals surface area contributed by atoms with Crippen molar-refractivity contribution in [3.05, 3.63) is 52.8 Å². The van der Waals surface area contributed by atoms with Gasteiger partial charge in [0.05, 0.1) is 5.56 Å². The molecule has 92 valence electrons. The highest BCUT2D eigenvalue weighted by Gasteiger charge is 2.11. The second kappa shape index (κ2) is 5.06. The van der Waals surface area contributed by atoms with E-state index in [0.717, 1.165) is 5.69 Å². The molecule has 1 amide bonds. The largest absolute Gasteiger partial charge is 0.507 e. The molecule has 0 fully saturated rings. The van der Waals surface area contributed by atoms with Gasteiger partial charge in [-0.2, -0.15) is 0 Å². The molecule has 2 N–H and O–H groups in total. The number of phenols is 1. The molecule has 0 radical (unpaired) electrons. The van der Waals surface area contributed by atoms with Crippen LogP contribution in [0.2, 0.25) is 5.02 Å². The Kier molecular flexibility index (Phi) is 3.48. The van der Waals surface area contributed by atoms with Gasteiger partial charge in [0.1, 0.15) is 5.75 Å². The maximum atomic E-state index is 11.9. The molecule has 0 spiro atoms. The van der Waals surface area contributed by atoms with Gasteiger partial charge >= 0.3 is 0 Å². The van der Waals surface area contributed by atoms with E-state index in [-0.39, 0.29) is 11.3 Å². The summed E-state index contributed by atoms with van der Waals surface area (Å²) in [7, 11) is 0. The fourth-order valence-electron chi connectivity index (χ4n) is 1.51. The molecule has 0 aliphatic rings. The van der Waals surface area contributed by atoms with Gasteiger partial charge in [-0.1, -0.05) is 11.6 Å². The zero-order valence-electron chi connectivity index (χ0n) is 9.64. The smallest absolute Gasteiger partial charge is 0.259 e. The van der Waals surface area contributed by atoms with Crippen LogP contribution in [0.5, 0.6) is 5.75 Å². The number of nitrogens with zero attached hydrogens (tertiary/aromatic N) is 1. The third kappa shape index (κ3) is 2.78. The zero-order valence-corrected chi connectivity index (χ0v) is 10.4. The molecule has 2 rings (SSSR count). The summed E-state index contributed by atoms with van der Waals surface area (Å²) >= 11 is 5.79. The Morgan fingerprint density at radius 1 is 1.33 bits per heavy atom. The van der Waals surface area contributed by atoms with Crippen molar-refractivity contribution >= 4 is 23.2 Å². The summed E-state index contributed by atoms with van der Waals surface area (Å²) in [5.74, 6) is -0.525. The fraction of sp³-hybridized carbons (Fsp3) is 0.0769. The molecular weight excluding hydrogens is 252 g/mol. The molecule has 18 heavy (non-hydrogen) atoms. The van der Waals surface area contributed by atoms with Crippen molar-refractivity contribution < 1.29 is 9.90 Å². The van der Waals surface area contributed by atoms with Crippen LogP contribution in [0, 0.1) is 6.92 Å². The molecule has 5 heteroatoms. The number of aryl methyl sites for hydroxylation is 1. The summed E-state index contributed by atoms with van der Waals surface area (Å²) in [6, 6.07) is 7.73. The summed E-state index contributed by atoms with van der Waals surface area (Å²) in [5.41, 5.74) is 1.55. The first-order valence-electron chi connectivity index (χ1n) is 5.29. The predicted molar refractivity (Wildman–Crippen MR) is 70.0 cm³/mol. The predicted octanol–water partition coefficient (Wildman–Crippen LogP) is 3.00. The molecule has 1 aromatic carbocycles. The van der Waals surface area contributed by atoms with Crippen molar-refractivity contribution in [1.82, 2.24) is 4.98 Å². The molecular formula is C13H11ClN2O2. The molecule has 0 unspecified atom stereocenters. The van der Waals surface area contributed by atoms with Gasteiger partial charge in [0.15, 0.2) is 0 Å². The molecule has 1 heterocycles. The number of hydrogen-bond acceptors (Lipinski definition) is 3. The number of nitrogens with one attached hydrogen (secondary N) is 1. The highest BCUT2D eigenvalue weighted by atomic mass is 35.5. The second-order valence-electron chi connectivity index (χ2n) is 3.80. The van der Waals surface area contributed by atoms with Crippen LogP contribution in [0.25, 0.3) is 0 Å². The Hall–Kier alpha value is -2.07. The summed E-state index contributed by atoms with van der Waals surface area (Å²) < 4.78 is 0. The number of hydrogen-bond donors (Lipinski definition) is 2. The van der Waals surface area contributed by atoms with Crippen LogP contribution in [-0.4, -0.2) is 16.0 Å². The first-order chi connectivity index (χ1) is 8.56. The molecule has 2 aromatic rings. The summed E-state index contributed by atoms with van der Waals surface area (Å²) in [5, 5.41) is 12.7. The van der Waals surface area contributed by atoms with Gasteiger partial charge in [-0.3, -0.25) is 9.78 Å². The first-order valence-corrected chi connectivity index (χ1v) is 5.66. The molecule has 0 bridgehead atoms. The van der Waals surface area contributed by atoms with Crippen LogP contribution >= 0.6 is 11.6 Å². The number of halogens is 1. The molecule has 0 saturated carbocycles. The van der Waals surface area contributed by atoms with Crippen molar-refractivity contribution in [3.63, 3.8) is 0 Å². The van der Waals surface area contributed by atoms with Gasteiger partial charge in [-0.05, 0) is 37.3 Å². The highest BCUT2D eigenvalue weighted by Crippen LogP contribution is 2.22. The Balaban J connectivity index is 2.24. The molecule has 0 atom stereocenters. The second-order valence-corrected chi connectivity index (χ2v) is 4.24. The average molecular weight is 263 g/mol. The van der Waals surface area contributed by atoms with E-state index in [0.29, 0.717) is 10.7 Å². The Labute approximate surface area is 109 Å². The van der Waals surface area contributed by atoms with Crippen LogP contribution in [0.4, 0.5) is 5.69 Å². The molecule has 4 nitrogen and oxygen atoms in total. The fourth-order valence-corrected chi connectivity index (χ4v) is 1.68. The average Bonchev–Trinajstić information content (AvgIpc) is 2.32. The van der Waals surface area contributed by atoms with E-state index >= 15 is 0 Å². The van der Waals surface area contributed by atoms with Gasteiger partial charge in [0.25, 0.3) is 5.91 Å². The molecule has 1 aromatic heterocycles. The maximum Gasteiger partial charge on any atom is 0.259 e. The van der Waals surface area contributed by atoms with Gasteiger partial charge in [-0.15, -0.1) is 0 Å². The van der Waals surface area contributed by atoms with Crippen molar-refractivity contribution in [1.29, 1.82) is 0 Å². The lowest BCUT2D eigenvalue weighted by molar-refractivity contribution is 0.102. The SMILES string of the molecule is Cc1cc(NC(=O)c2cc(Cl)ccc2O)ccn1. The number of carbonyl (C=O) groups excluding carboxylic acids is 1. The number of anilines is 1. The standard InChI is InChI=1S/C13H11ClN2O2/c1-8-6-10(4-5-15-8)16-13(18)11-7-9(14)2-3-12(11)17/h2-7,17H,1H3,(H,15,16,18). The zero-order chi connectivity index (χ0) is 13.1. The summed E-state index contributed by atoms with van der Waals surface area (Å²) in [6.07, 6.45) is 1.60. The third-order valence-corrected chi connectivity index (χ3v) is 2.59. The van der Waals surface area contributed by atoms with Crippen LogP contribution < -0.4 is 5.32 Å². The van der Waals surface area contributed by atoms with E-state index < -0.39 is 5.91 Å². The minimum atomic E-state index is -0.416. The Morgan fingerprint density at radius 2 is 2.11 bits per heavy atom. The van der Waals surface area contributed by atoms with E-state index in [1.807, 2.05) is 6.92 Å². The minimum absolute atomic E-state index is 0.109. The lowest BCUT2D eigenvalue weighted by Gasteiger charge is -2.07. The lowest BCUT2D eigenvalue weighted by atomic mass is 10.2. The topological polar surface area (TPSA) is 62.2 Å². The van der Waals surface area contributed by atoms with E-state index in [2.05, 4.69) is 10.3 Å². The van der Waals surface area contributed by atoms with Gasteiger partial charge in [0, 0.05) is 22.6 Å². The molecule has 0 aliphatic heterocycles. The van der Waals surface area contributed by atoms with Crippen LogP contribution in [0.3, 0.4) is 0 Å². The highest BCUT2D eigenvalue weighted by molar-refractivity contribution is 6.31. The maximum absolute atomic E-state index is 11.9. The summed E-state index contributed by atoms with van der Waals surface area (Å²) in [6.45, 7) is 1.83. The van der Waals surface area contributed by atoms with Crippen LogP contribution in [0.1, 0.15) is 16.1 Å². The van der Waals surface area contributed by atoms with Crippen LogP contribution in [-0.2, 0) is 0 Å². The number of aromatic nitrogens is 1. The number of pyridine rings is 1. The van der Waals surface area contributed by atoms with Gasteiger partial charge < -0.3 is 10.4 Å². The number of benzene rings is 1. The quantitative estimate of drug-likeness (QED) is 0.875. The Morgan fingerprint density at radius 3 is 2.83 bits per heavy atom. The van der Waals surface area contributed by atoms with Crippen molar-refractivity contribution in [2.75, 3.05) is 5.32 Å². The third-order valence-electron chi connectivity index (χ3n) is 2.36. The minimum Gasteiger partial charge on any atom is -0.507 e. The van der Waals surface area contributed by atoms with E-state index in [9.17, 15) is 9.90 Å². The van der Waals surface area contributed by atoms with Crippen molar-refractivity contribution in [2.45, 2.75) is 6.92 Å². The van der Waals surface area contributed by atoms with E-state index in [4.69, 9.17) is 11.6 Å². The normalized spacial score (nSPS) is 10.1. The van der Waals surface area contributed by atoms with Gasteiger partial charge in [-0.25, -0.2) is 0 Å². The number of carbonyl (C=O) groups is 1. The number of amides is 1. The van der Waals surface area contributed by atoms with E-state index in [1.165, 1.54) is 18.2 Å². The monoisotopic (exact) mass is 262 g/mol. The Bertz CT molecular complexity index is 599. The van der Waals surface area contributed by atoms with Gasteiger partial charge in [0.2, 0.25) is 0 Å². The first kappa shape index (κ1) is 12.4. The number of aromatic hydroxyl groups is 1. The number of rotatable bonds is 2. The molecule has 0 aliphatic carbocycles. The van der Waals surface area contributed by atoms with Crippen molar-refractivity contribution in [2.24, 2.45) is 0 Å². The number of phenolic OH excluding ortho intramolecular Hbond substituents is 1. The van der Waals surface area contributed by atoms with Crippen LogP contribution in [0.15, 0.2) is 36.5 Å². The van der Waals surface area contributed by atoms with E-state index in [1.54, 1.807) is 18.3 Å². The summed E-state index contributed by atoms with van der Waals surface area (Å²) in [4.78, 5) is 16.0. The molecule has 0 saturated heterocycles.